The summed E-state index contributed by atoms with van der Waals surface area (Å²) in [5, 5.41) is 0. The van der Waals surface area contributed by atoms with Gasteiger partial charge in [0.15, 0.2) is 17.3 Å². The number of quaternary nitrogens is 1. The zero-order valence-electron chi connectivity index (χ0n) is 19.3. The Kier molecular flexibility index (Phi) is 8.96. The Bertz CT molecular complexity index is 1110. The summed E-state index contributed by atoms with van der Waals surface area (Å²) in [6.07, 6.45) is 4.32. The van der Waals surface area contributed by atoms with Gasteiger partial charge in [0.2, 0.25) is 6.79 Å². The Labute approximate surface area is 206 Å². The maximum atomic E-state index is 12.5. The molecule has 0 atom stereocenters. The third-order valence-corrected chi connectivity index (χ3v) is 5.11. The van der Waals surface area contributed by atoms with Crippen molar-refractivity contribution in [2.45, 2.75) is 6.42 Å². The molecule has 3 aromatic rings. The van der Waals surface area contributed by atoms with Gasteiger partial charge < -0.3 is 36.3 Å². The van der Waals surface area contributed by atoms with Gasteiger partial charge in [-0.25, -0.2) is 0 Å². The predicted octanol–water partition coefficient (Wildman–Crippen LogP) is 1.02. The lowest BCUT2D eigenvalue weighted by molar-refractivity contribution is -0.858. The van der Waals surface area contributed by atoms with Gasteiger partial charge in [-0.3, -0.25) is 4.79 Å². The smallest absolute Gasteiger partial charge is 0.231 e. The number of hydrogen-bond acceptors (Lipinski definition) is 5. The van der Waals surface area contributed by atoms with Crippen LogP contribution in [0, 0.1) is 0 Å². The lowest BCUT2D eigenvalue weighted by Gasteiger charge is -2.10. The fourth-order valence-corrected chi connectivity index (χ4v) is 3.33. The Hall–Kier alpha value is -3.48. The van der Waals surface area contributed by atoms with E-state index in [2.05, 4.69) is 14.1 Å². The molecule has 0 saturated heterocycles. The molecule has 0 radical (unpaired) electrons. The third kappa shape index (κ3) is 7.01. The van der Waals surface area contributed by atoms with E-state index in [0.717, 1.165) is 30.0 Å². The van der Waals surface area contributed by atoms with Gasteiger partial charge in [-0.05, 0) is 72.3 Å². The molecule has 0 amide bonds. The number of benzene rings is 3. The van der Waals surface area contributed by atoms with E-state index in [9.17, 15) is 4.79 Å². The first-order chi connectivity index (χ1) is 16.1. The summed E-state index contributed by atoms with van der Waals surface area (Å²) in [5.41, 5.74) is 1.46. The highest BCUT2D eigenvalue weighted by Gasteiger charge is 2.12. The van der Waals surface area contributed by atoms with Crippen molar-refractivity contribution in [2.24, 2.45) is 0 Å². The molecule has 178 valence electrons. The molecule has 1 N–H and O–H groups in total. The number of rotatable bonds is 10. The number of fused-ring (bicyclic) bond motifs is 1. The van der Waals surface area contributed by atoms with E-state index in [1.807, 2.05) is 42.5 Å². The third-order valence-electron chi connectivity index (χ3n) is 5.11. The van der Waals surface area contributed by atoms with Crippen LogP contribution in [0.5, 0.6) is 28.7 Å². The van der Waals surface area contributed by atoms with Crippen molar-refractivity contribution < 1.29 is 41.0 Å². The minimum Gasteiger partial charge on any atom is -1.00 e. The quantitative estimate of drug-likeness (QED) is 0.266. The summed E-state index contributed by atoms with van der Waals surface area (Å²) >= 11 is 0. The van der Waals surface area contributed by atoms with Crippen LogP contribution < -0.4 is 36.3 Å². The number of ketones is 1. The average Bonchev–Trinajstić information content (AvgIpc) is 3.30. The number of hydrogen-bond donors (Lipinski definition) is 1. The average molecular weight is 482 g/mol. The Morgan fingerprint density at radius 2 is 1.56 bits per heavy atom. The van der Waals surface area contributed by atoms with Crippen LogP contribution in [0.4, 0.5) is 0 Å². The number of carbonyl (C=O) groups is 1. The van der Waals surface area contributed by atoms with Crippen molar-refractivity contribution in [3.63, 3.8) is 0 Å². The molecule has 7 heteroatoms. The Morgan fingerprint density at radius 3 is 2.26 bits per heavy atom. The molecule has 0 fully saturated rings. The summed E-state index contributed by atoms with van der Waals surface area (Å²) in [6.45, 7) is 2.00. The minimum absolute atomic E-state index is 0. The zero-order chi connectivity index (χ0) is 23.0. The van der Waals surface area contributed by atoms with Crippen molar-refractivity contribution in [3.8, 4) is 28.7 Å². The van der Waals surface area contributed by atoms with E-state index in [0.29, 0.717) is 29.4 Å². The fraction of sp³-hybridized carbons (Fsp3) is 0.222. The normalized spacial score (nSPS) is 12.0. The van der Waals surface area contributed by atoms with Crippen LogP contribution in [0.1, 0.15) is 22.3 Å². The minimum atomic E-state index is -0.0865. The molecule has 0 bridgehead atoms. The first-order valence-electron chi connectivity index (χ1n) is 11.0. The van der Waals surface area contributed by atoms with E-state index in [-0.39, 0.29) is 25.0 Å². The van der Waals surface area contributed by atoms with Gasteiger partial charge in [-0.2, -0.15) is 0 Å². The highest BCUT2D eigenvalue weighted by Crippen LogP contribution is 2.33. The molecular formula is C27H28ClNO5. The van der Waals surface area contributed by atoms with Gasteiger partial charge in [0.25, 0.3) is 0 Å². The van der Waals surface area contributed by atoms with Gasteiger partial charge in [0, 0.05) is 12.0 Å². The van der Waals surface area contributed by atoms with E-state index in [1.54, 1.807) is 36.4 Å². The van der Waals surface area contributed by atoms with Gasteiger partial charge in [0.05, 0.1) is 27.2 Å². The lowest BCUT2D eigenvalue weighted by atomic mass is 10.1. The second-order valence-corrected chi connectivity index (χ2v) is 8.07. The SMILES string of the molecule is C[NH+](C)CCCOc1ccc(Oc2ccc(C(=O)/C=C/c3ccc4c(c3)OCO4)cc2)cc1.[Cl-]. The standard InChI is InChI=1S/C27H27NO5.ClH/c1-28(2)16-3-17-30-22-10-12-24(13-11-22)33-23-8-6-21(7-9-23)25(29)14-4-20-5-15-26-27(18-20)32-19-31-26;/h4-15,18H,3,16-17,19H2,1-2H3;1H/b14-4+;. The number of halogens is 1. The molecule has 34 heavy (non-hydrogen) atoms. The van der Waals surface area contributed by atoms with Crippen LogP contribution >= 0.6 is 0 Å². The van der Waals surface area contributed by atoms with Crippen LogP contribution in [0.25, 0.3) is 6.08 Å². The van der Waals surface area contributed by atoms with Gasteiger partial charge in [-0.15, -0.1) is 0 Å². The molecule has 0 unspecified atom stereocenters. The Morgan fingerprint density at radius 1 is 0.912 bits per heavy atom. The molecule has 4 rings (SSSR count). The largest absolute Gasteiger partial charge is 1.00 e. The molecule has 0 spiro atoms. The Balaban J connectivity index is 0.00000324. The van der Waals surface area contributed by atoms with Crippen molar-refractivity contribution in [1.82, 2.24) is 0 Å². The number of carbonyl (C=O) groups excluding carboxylic acids is 1. The van der Waals surface area contributed by atoms with Crippen LogP contribution in [0.15, 0.2) is 72.8 Å². The van der Waals surface area contributed by atoms with Crippen LogP contribution in [-0.4, -0.2) is 39.8 Å². The van der Waals surface area contributed by atoms with Gasteiger partial charge in [-0.1, -0.05) is 12.1 Å². The summed E-state index contributed by atoms with van der Waals surface area (Å²) in [7, 11) is 4.26. The first kappa shape index (κ1) is 25.1. The number of ether oxygens (including phenoxy) is 4. The van der Waals surface area contributed by atoms with Crippen LogP contribution in [0.2, 0.25) is 0 Å². The summed E-state index contributed by atoms with van der Waals surface area (Å²) < 4.78 is 22.3. The fourth-order valence-electron chi connectivity index (χ4n) is 3.33. The molecular weight excluding hydrogens is 454 g/mol. The van der Waals surface area contributed by atoms with E-state index in [1.165, 1.54) is 4.90 Å². The topological polar surface area (TPSA) is 58.4 Å². The monoisotopic (exact) mass is 481 g/mol. The van der Waals surface area contributed by atoms with E-state index in [4.69, 9.17) is 18.9 Å². The summed E-state index contributed by atoms with van der Waals surface area (Å²) in [5.74, 6) is 3.52. The highest BCUT2D eigenvalue weighted by molar-refractivity contribution is 6.06. The van der Waals surface area contributed by atoms with Crippen molar-refractivity contribution >= 4 is 11.9 Å². The molecule has 0 aromatic heterocycles. The van der Waals surface area contributed by atoms with Gasteiger partial charge >= 0.3 is 0 Å². The predicted molar refractivity (Wildman–Crippen MR) is 127 cm³/mol. The van der Waals surface area contributed by atoms with Gasteiger partial charge in [0.1, 0.15) is 17.2 Å². The van der Waals surface area contributed by atoms with E-state index < -0.39 is 0 Å². The first-order valence-corrected chi connectivity index (χ1v) is 11.0. The van der Waals surface area contributed by atoms with Crippen LogP contribution in [0.3, 0.4) is 0 Å². The van der Waals surface area contributed by atoms with Crippen LogP contribution in [-0.2, 0) is 0 Å². The summed E-state index contributed by atoms with van der Waals surface area (Å²) in [6, 6.07) is 20.2. The second kappa shape index (κ2) is 12.1. The van der Waals surface area contributed by atoms with E-state index >= 15 is 0 Å². The highest BCUT2D eigenvalue weighted by atomic mass is 35.5. The molecule has 3 aromatic carbocycles. The maximum Gasteiger partial charge on any atom is 0.231 e. The molecule has 1 aliphatic heterocycles. The maximum absolute atomic E-state index is 12.5. The summed E-state index contributed by atoms with van der Waals surface area (Å²) in [4.78, 5) is 13.9. The molecule has 1 heterocycles. The number of nitrogens with one attached hydrogen (secondary N) is 1. The molecule has 0 saturated carbocycles. The lowest BCUT2D eigenvalue weighted by Crippen LogP contribution is -3.05. The van der Waals surface area contributed by atoms with Crippen molar-refractivity contribution in [1.29, 1.82) is 0 Å². The second-order valence-electron chi connectivity index (χ2n) is 8.07. The number of allylic oxidation sites excluding steroid dienone is 1. The molecule has 1 aliphatic rings. The van der Waals surface area contributed by atoms with Crippen molar-refractivity contribution in [3.05, 3.63) is 83.9 Å². The zero-order valence-corrected chi connectivity index (χ0v) is 20.0. The molecule has 0 aliphatic carbocycles. The molecule has 6 nitrogen and oxygen atoms in total. The van der Waals surface area contributed by atoms with Crippen molar-refractivity contribution in [2.75, 3.05) is 34.0 Å².